The fourth-order valence-electron chi connectivity index (χ4n) is 3.22. The lowest BCUT2D eigenvalue weighted by Gasteiger charge is -2.48. The molecule has 4 unspecified atom stereocenters. The maximum atomic E-state index is 11.9. The molecule has 114 valence electrons. The van der Waals surface area contributed by atoms with Crippen molar-refractivity contribution >= 4 is 6.09 Å². The second-order valence-electron chi connectivity index (χ2n) is 7.34. The largest absolute Gasteiger partial charge is 0.444 e. The Kier molecular flexibility index (Phi) is 3.67. The van der Waals surface area contributed by atoms with E-state index in [0.717, 1.165) is 25.5 Å². The Bertz CT molecular complexity index is 376. The molecule has 2 aliphatic carbocycles. The van der Waals surface area contributed by atoms with E-state index < -0.39 is 5.60 Å². The van der Waals surface area contributed by atoms with Crippen molar-refractivity contribution in [3.63, 3.8) is 0 Å². The lowest BCUT2D eigenvalue weighted by Crippen LogP contribution is -2.70. The number of nitrogens with one attached hydrogen (secondary N) is 2. The van der Waals surface area contributed by atoms with Gasteiger partial charge in [-0.15, -0.1) is 0 Å². The van der Waals surface area contributed by atoms with Gasteiger partial charge in [0.05, 0.1) is 18.2 Å². The smallest absolute Gasteiger partial charge is 0.407 e. The maximum Gasteiger partial charge on any atom is 0.407 e. The molecule has 3 fully saturated rings. The summed E-state index contributed by atoms with van der Waals surface area (Å²) >= 11 is 0. The molecule has 1 heterocycles. The van der Waals surface area contributed by atoms with Crippen molar-refractivity contribution in [2.45, 2.75) is 63.8 Å². The number of carbonyl (C=O) groups is 1. The number of ether oxygens (including phenoxy) is 2. The molecule has 0 radical (unpaired) electrons. The third kappa shape index (κ3) is 3.09. The Hall–Kier alpha value is -0.810. The van der Waals surface area contributed by atoms with Gasteiger partial charge in [0.25, 0.3) is 0 Å². The average molecular weight is 282 g/mol. The molecule has 4 atom stereocenters. The predicted molar refractivity (Wildman–Crippen MR) is 75.5 cm³/mol. The Labute approximate surface area is 120 Å². The number of alkyl carbamates (subject to hydrolysis) is 1. The molecule has 1 amide bonds. The van der Waals surface area contributed by atoms with Crippen molar-refractivity contribution in [1.29, 1.82) is 0 Å². The van der Waals surface area contributed by atoms with Crippen LogP contribution in [0.4, 0.5) is 4.79 Å². The van der Waals surface area contributed by atoms with Crippen LogP contribution in [0.15, 0.2) is 0 Å². The summed E-state index contributed by atoms with van der Waals surface area (Å²) < 4.78 is 11.1. The highest BCUT2D eigenvalue weighted by atomic mass is 16.6. The van der Waals surface area contributed by atoms with E-state index in [1.807, 2.05) is 20.8 Å². The summed E-state index contributed by atoms with van der Waals surface area (Å²) in [4.78, 5) is 11.9. The van der Waals surface area contributed by atoms with Crippen molar-refractivity contribution < 1.29 is 14.3 Å². The number of rotatable bonds is 4. The van der Waals surface area contributed by atoms with Crippen LogP contribution in [0.1, 0.15) is 40.0 Å². The highest BCUT2D eigenvalue weighted by Crippen LogP contribution is 2.40. The first kappa shape index (κ1) is 14.1. The lowest BCUT2D eigenvalue weighted by molar-refractivity contribution is -0.0339. The molecule has 0 aromatic heterocycles. The van der Waals surface area contributed by atoms with E-state index in [1.54, 1.807) is 0 Å². The van der Waals surface area contributed by atoms with Gasteiger partial charge in [0.2, 0.25) is 0 Å². The van der Waals surface area contributed by atoms with Crippen molar-refractivity contribution in [2.75, 3.05) is 13.2 Å². The first-order chi connectivity index (χ1) is 9.44. The minimum atomic E-state index is -0.448. The standard InChI is InChI=1S/C15H26N2O3/c1-15(2,3)20-14(18)17-11-10-6-7-19-13(10)12(11)16-8-9-4-5-9/h9-13,16H,4-8H2,1-3H3,(H,17,18). The zero-order valence-corrected chi connectivity index (χ0v) is 12.6. The molecule has 1 saturated heterocycles. The molecule has 1 aliphatic heterocycles. The Morgan fingerprint density at radius 2 is 2.00 bits per heavy atom. The van der Waals surface area contributed by atoms with Gasteiger partial charge in [-0.05, 0) is 52.5 Å². The first-order valence-corrected chi connectivity index (χ1v) is 7.78. The molecule has 5 heteroatoms. The molecule has 3 rings (SSSR count). The average Bonchev–Trinajstić information content (AvgIpc) is 3.03. The van der Waals surface area contributed by atoms with Crippen LogP contribution >= 0.6 is 0 Å². The summed E-state index contributed by atoms with van der Waals surface area (Å²) in [6.45, 7) is 7.51. The zero-order valence-electron chi connectivity index (χ0n) is 12.6. The third-order valence-electron chi connectivity index (χ3n) is 4.41. The summed E-state index contributed by atoms with van der Waals surface area (Å²) in [5, 5.41) is 6.61. The van der Waals surface area contributed by atoms with Crippen LogP contribution in [0.3, 0.4) is 0 Å². The molecule has 0 spiro atoms. The topological polar surface area (TPSA) is 59.6 Å². The molecule has 0 bridgehead atoms. The summed E-state index contributed by atoms with van der Waals surface area (Å²) in [6, 6.07) is 0.395. The molecule has 2 N–H and O–H groups in total. The van der Waals surface area contributed by atoms with Crippen LogP contribution in [0.25, 0.3) is 0 Å². The van der Waals surface area contributed by atoms with Gasteiger partial charge in [-0.2, -0.15) is 0 Å². The highest BCUT2D eigenvalue weighted by molar-refractivity contribution is 5.68. The van der Waals surface area contributed by atoms with Crippen LogP contribution in [-0.4, -0.2) is 43.0 Å². The second kappa shape index (κ2) is 5.19. The van der Waals surface area contributed by atoms with E-state index in [2.05, 4.69) is 10.6 Å². The molecule has 20 heavy (non-hydrogen) atoms. The van der Waals surface area contributed by atoms with Gasteiger partial charge in [-0.1, -0.05) is 0 Å². The Balaban J connectivity index is 1.53. The molecular formula is C15H26N2O3. The number of fused-ring (bicyclic) bond motifs is 1. The second-order valence-corrected chi connectivity index (χ2v) is 7.34. The molecule has 3 aliphatic rings. The Morgan fingerprint density at radius 3 is 2.65 bits per heavy atom. The van der Waals surface area contributed by atoms with E-state index in [0.29, 0.717) is 5.92 Å². The van der Waals surface area contributed by atoms with Crippen molar-refractivity contribution in [3.05, 3.63) is 0 Å². The van der Waals surface area contributed by atoms with E-state index >= 15 is 0 Å². The van der Waals surface area contributed by atoms with Gasteiger partial charge in [-0.25, -0.2) is 4.79 Å². The van der Waals surface area contributed by atoms with E-state index in [4.69, 9.17) is 9.47 Å². The van der Waals surface area contributed by atoms with Crippen LogP contribution in [-0.2, 0) is 9.47 Å². The van der Waals surface area contributed by atoms with Crippen molar-refractivity contribution in [1.82, 2.24) is 10.6 Å². The number of hydrogen-bond acceptors (Lipinski definition) is 4. The van der Waals surface area contributed by atoms with Gasteiger partial charge in [0.1, 0.15) is 5.60 Å². The summed E-state index contributed by atoms with van der Waals surface area (Å²) in [7, 11) is 0. The van der Waals surface area contributed by atoms with Crippen molar-refractivity contribution in [2.24, 2.45) is 11.8 Å². The molecule has 0 aromatic rings. The Morgan fingerprint density at radius 1 is 1.25 bits per heavy atom. The van der Waals surface area contributed by atoms with Gasteiger partial charge in [0.15, 0.2) is 0 Å². The van der Waals surface area contributed by atoms with Crippen LogP contribution in [0.5, 0.6) is 0 Å². The summed E-state index contributed by atoms with van der Waals surface area (Å²) in [5.74, 6) is 1.27. The molecular weight excluding hydrogens is 256 g/mol. The normalized spacial score (nSPS) is 36.1. The van der Waals surface area contributed by atoms with E-state index in [-0.39, 0.29) is 24.3 Å². The minimum Gasteiger partial charge on any atom is -0.444 e. The fourth-order valence-corrected chi connectivity index (χ4v) is 3.22. The molecule has 0 aromatic carbocycles. The van der Waals surface area contributed by atoms with Gasteiger partial charge >= 0.3 is 6.09 Å². The SMILES string of the molecule is CC(C)(C)OC(=O)NC1C2CCOC2C1NCC1CC1. The number of amides is 1. The van der Waals surface area contributed by atoms with Crippen LogP contribution in [0, 0.1) is 11.8 Å². The lowest BCUT2D eigenvalue weighted by atomic mass is 9.71. The summed E-state index contributed by atoms with van der Waals surface area (Å²) in [5.41, 5.74) is -0.448. The van der Waals surface area contributed by atoms with Crippen LogP contribution in [0.2, 0.25) is 0 Å². The van der Waals surface area contributed by atoms with Gasteiger partial charge < -0.3 is 20.1 Å². The number of carbonyl (C=O) groups excluding carboxylic acids is 1. The van der Waals surface area contributed by atoms with E-state index in [9.17, 15) is 4.79 Å². The molecule has 2 saturated carbocycles. The van der Waals surface area contributed by atoms with E-state index in [1.165, 1.54) is 12.8 Å². The molecule has 5 nitrogen and oxygen atoms in total. The number of hydrogen-bond donors (Lipinski definition) is 2. The predicted octanol–water partition coefficient (Wildman–Crippen LogP) is 1.67. The van der Waals surface area contributed by atoms with Crippen LogP contribution < -0.4 is 10.6 Å². The summed E-state index contributed by atoms with van der Waals surface area (Å²) in [6.07, 6.45) is 3.66. The minimum absolute atomic E-state index is 0.149. The zero-order chi connectivity index (χ0) is 14.3. The first-order valence-electron chi connectivity index (χ1n) is 7.78. The van der Waals surface area contributed by atoms with Crippen molar-refractivity contribution in [3.8, 4) is 0 Å². The van der Waals surface area contributed by atoms with Gasteiger partial charge in [-0.3, -0.25) is 0 Å². The highest BCUT2D eigenvalue weighted by Gasteiger charge is 2.54. The maximum absolute atomic E-state index is 11.9. The quantitative estimate of drug-likeness (QED) is 0.823. The van der Waals surface area contributed by atoms with Gasteiger partial charge in [0, 0.05) is 12.5 Å². The monoisotopic (exact) mass is 282 g/mol. The third-order valence-corrected chi connectivity index (χ3v) is 4.41. The fraction of sp³-hybridized carbons (Fsp3) is 0.933.